The van der Waals surface area contributed by atoms with Gasteiger partial charge in [-0.3, -0.25) is 9.59 Å². The van der Waals surface area contributed by atoms with E-state index in [1.165, 1.54) is 0 Å². The Morgan fingerprint density at radius 1 is 1.00 bits per heavy atom. The number of carbonyl (C=O) groups is 2. The summed E-state index contributed by atoms with van der Waals surface area (Å²) in [6.45, 7) is 0. The van der Waals surface area contributed by atoms with Crippen molar-refractivity contribution in [2.24, 2.45) is 11.8 Å². The van der Waals surface area contributed by atoms with Crippen LogP contribution in [0.15, 0.2) is 0 Å². The lowest BCUT2D eigenvalue weighted by molar-refractivity contribution is -0.154. The molecule has 4 atom stereocenters. The summed E-state index contributed by atoms with van der Waals surface area (Å²) in [5.74, 6) is -3.47. The van der Waals surface area contributed by atoms with E-state index < -0.39 is 23.8 Å². The third-order valence-corrected chi connectivity index (χ3v) is 3.04. The second-order valence-corrected chi connectivity index (χ2v) is 3.69. The summed E-state index contributed by atoms with van der Waals surface area (Å²) < 4.78 is 0. The van der Waals surface area contributed by atoms with Crippen LogP contribution in [0, 0.1) is 11.8 Å². The quantitative estimate of drug-likeness (QED) is 0.541. The average Bonchev–Trinajstić information content (AvgIpc) is 2.60. The molecular weight excluding hydrogens is 174 g/mol. The van der Waals surface area contributed by atoms with Crippen molar-refractivity contribution >= 4 is 11.9 Å². The van der Waals surface area contributed by atoms with Gasteiger partial charge < -0.3 is 15.5 Å². The SMILES string of the molecule is O=C(O)C1C2CCC(N2)C1C(=O)O. The van der Waals surface area contributed by atoms with Crippen LogP contribution in [0.25, 0.3) is 0 Å². The third-order valence-electron chi connectivity index (χ3n) is 3.04. The van der Waals surface area contributed by atoms with Gasteiger partial charge in [0, 0.05) is 12.1 Å². The van der Waals surface area contributed by atoms with Gasteiger partial charge in [-0.2, -0.15) is 0 Å². The van der Waals surface area contributed by atoms with E-state index in [0.29, 0.717) is 0 Å². The van der Waals surface area contributed by atoms with Crippen LogP contribution < -0.4 is 5.32 Å². The molecule has 0 radical (unpaired) electrons. The third kappa shape index (κ3) is 1.11. The lowest BCUT2D eigenvalue weighted by atomic mass is 9.79. The van der Waals surface area contributed by atoms with Gasteiger partial charge in [0.1, 0.15) is 0 Å². The highest BCUT2D eigenvalue weighted by Gasteiger charge is 2.54. The minimum atomic E-state index is -0.993. The number of aliphatic carboxylic acids is 2. The zero-order valence-corrected chi connectivity index (χ0v) is 6.93. The predicted molar refractivity (Wildman–Crippen MR) is 42.2 cm³/mol. The molecule has 0 amide bonds. The first kappa shape index (κ1) is 8.50. The molecule has 5 heteroatoms. The average molecular weight is 185 g/mol. The monoisotopic (exact) mass is 185 g/mol. The molecular formula is C8H11NO4. The van der Waals surface area contributed by atoms with Gasteiger partial charge in [-0.05, 0) is 12.8 Å². The molecule has 2 fully saturated rings. The maximum atomic E-state index is 10.8. The van der Waals surface area contributed by atoms with E-state index in [2.05, 4.69) is 5.32 Å². The first-order valence-corrected chi connectivity index (χ1v) is 4.33. The van der Waals surface area contributed by atoms with Crippen LogP contribution in [0.4, 0.5) is 0 Å². The number of carboxylic acid groups (broad SMARTS) is 2. The number of carboxylic acids is 2. The van der Waals surface area contributed by atoms with Crippen LogP contribution in [0.5, 0.6) is 0 Å². The summed E-state index contributed by atoms with van der Waals surface area (Å²) in [4.78, 5) is 21.6. The molecule has 0 aromatic carbocycles. The zero-order valence-electron chi connectivity index (χ0n) is 6.93. The van der Waals surface area contributed by atoms with E-state index in [4.69, 9.17) is 10.2 Å². The van der Waals surface area contributed by atoms with E-state index in [-0.39, 0.29) is 12.1 Å². The summed E-state index contributed by atoms with van der Waals surface area (Å²) >= 11 is 0. The van der Waals surface area contributed by atoms with Crippen molar-refractivity contribution < 1.29 is 19.8 Å². The van der Waals surface area contributed by atoms with Crippen molar-refractivity contribution in [1.82, 2.24) is 5.32 Å². The van der Waals surface area contributed by atoms with Gasteiger partial charge in [0.05, 0.1) is 11.8 Å². The van der Waals surface area contributed by atoms with Gasteiger partial charge in [0.15, 0.2) is 0 Å². The van der Waals surface area contributed by atoms with Gasteiger partial charge >= 0.3 is 11.9 Å². The second-order valence-electron chi connectivity index (χ2n) is 3.69. The fraction of sp³-hybridized carbons (Fsp3) is 0.750. The molecule has 2 bridgehead atoms. The highest BCUT2D eigenvalue weighted by molar-refractivity contribution is 5.82. The Bertz CT molecular complexity index is 239. The normalized spacial score (nSPS) is 42.2. The predicted octanol–water partition coefficient (Wildman–Crippen LogP) is -0.478. The smallest absolute Gasteiger partial charge is 0.309 e. The van der Waals surface area contributed by atoms with E-state index in [9.17, 15) is 9.59 Å². The van der Waals surface area contributed by atoms with Crippen LogP contribution in [-0.4, -0.2) is 34.2 Å². The van der Waals surface area contributed by atoms with E-state index in [1.54, 1.807) is 0 Å². The summed E-state index contributed by atoms with van der Waals surface area (Å²) in [6, 6.07) is -0.271. The summed E-state index contributed by atoms with van der Waals surface area (Å²) in [7, 11) is 0. The van der Waals surface area contributed by atoms with E-state index in [1.807, 2.05) is 0 Å². The Hall–Kier alpha value is -1.10. The van der Waals surface area contributed by atoms with Crippen LogP contribution in [0.3, 0.4) is 0 Å². The molecule has 3 N–H and O–H groups in total. The lowest BCUT2D eigenvalue weighted by Gasteiger charge is -2.22. The molecule has 0 aromatic rings. The Morgan fingerprint density at radius 3 is 1.69 bits per heavy atom. The standard InChI is InChI=1S/C8H11NO4/c10-7(11)5-3-1-2-4(9-3)6(5)8(12)13/h3-6,9H,1-2H2,(H,10,11)(H,12,13). The van der Waals surface area contributed by atoms with Crippen molar-refractivity contribution in [3.63, 3.8) is 0 Å². The number of hydrogen-bond acceptors (Lipinski definition) is 3. The summed E-state index contributed by atoms with van der Waals surface area (Å²) in [6.07, 6.45) is 1.57. The van der Waals surface area contributed by atoms with Crippen molar-refractivity contribution in [3.8, 4) is 0 Å². The lowest BCUT2D eigenvalue weighted by Crippen LogP contribution is -2.38. The number of rotatable bonds is 2. The Labute approximate surface area is 74.7 Å². The molecule has 0 aromatic heterocycles. The largest absolute Gasteiger partial charge is 0.481 e. The van der Waals surface area contributed by atoms with Crippen molar-refractivity contribution in [2.45, 2.75) is 24.9 Å². The highest BCUT2D eigenvalue weighted by Crippen LogP contribution is 2.38. The van der Waals surface area contributed by atoms with Crippen LogP contribution in [0.2, 0.25) is 0 Å². The Kier molecular flexibility index (Phi) is 1.76. The molecule has 2 heterocycles. The number of fused-ring (bicyclic) bond motifs is 2. The van der Waals surface area contributed by atoms with Crippen LogP contribution in [-0.2, 0) is 9.59 Å². The Balaban J connectivity index is 2.24. The minimum absolute atomic E-state index is 0.136. The maximum Gasteiger partial charge on any atom is 0.309 e. The first-order chi connectivity index (χ1) is 6.11. The molecule has 0 aliphatic carbocycles. The molecule has 2 aliphatic rings. The van der Waals surface area contributed by atoms with Crippen LogP contribution in [0.1, 0.15) is 12.8 Å². The van der Waals surface area contributed by atoms with E-state index >= 15 is 0 Å². The fourth-order valence-electron chi connectivity index (χ4n) is 2.52. The molecule has 4 unspecified atom stereocenters. The zero-order chi connectivity index (χ0) is 9.59. The highest BCUT2D eigenvalue weighted by atomic mass is 16.4. The molecule has 72 valence electrons. The molecule has 5 nitrogen and oxygen atoms in total. The molecule has 2 aliphatic heterocycles. The van der Waals surface area contributed by atoms with Gasteiger partial charge in [-0.1, -0.05) is 0 Å². The molecule has 2 saturated heterocycles. The van der Waals surface area contributed by atoms with Crippen molar-refractivity contribution in [1.29, 1.82) is 0 Å². The topological polar surface area (TPSA) is 86.6 Å². The van der Waals surface area contributed by atoms with Gasteiger partial charge in [0.2, 0.25) is 0 Å². The fourth-order valence-corrected chi connectivity index (χ4v) is 2.52. The summed E-state index contributed by atoms with van der Waals surface area (Å²) in [5, 5.41) is 20.7. The second kappa shape index (κ2) is 2.70. The minimum Gasteiger partial charge on any atom is -0.481 e. The number of nitrogens with one attached hydrogen (secondary N) is 1. The number of hydrogen-bond donors (Lipinski definition) is 3. The molecule has 0 saturated carbocycles. The van der Waals surface area contributed by atoms with Crippen LogP contribution >= 0.6 is 0 Å². The van der Waals surface area contributed by atoms with Gasteiger partial charge in [-0.25, -0.2) is 0 Å². The van der Waals surface area contributed by atoms with Gasteiger partial charge in [0.25, 0.3) is 0 Å². The van der Waals surface area contributed by atoms with Crippen molar-refractivity contribution in [3.05, 3.63) is 0 Å². The van der Waals surface area contributed by atoms with Gasteiger partial charge in [-0.15, -0.1) is 0 Å². The van der Waals surface area contributed by atoms with E-state index in [0.717, 1.165) is 12.8 Å². The Morgan fingerprint density at radius 2 is 1.38 bits per heavy atom. The maximum absolute atomic E-state index is 10.8. The molecule has 0 spiro atoms. The molecule has 2 rings (SSSR count). The summed E-state index contributed by atoms with van der Waals surface area (Å²) in [5.41, 5.74) is 0. The van der Waals surface area contributed by atoms with Crippen molar-refractivity contribution in [2.75, 3.05) is 0 Å². The first-order valence-electron chi connectivity index (χ1n) is 4.33. The molecule has 13 heavy (non-hydrogen) atoms.